The van der Waals surface area contributed by atoms with Crippen LogP contribution < -0.4 is 0 Å². The lowest BCUT2D eigenvalue weighted by atomic mass is 10.2. The molecule has 0 saturated heterocycles. The van der Waals surface area contributed by atoms with Crippen LogP contribution in [0.25, 0.3) is 27.6 Å². The van der Waals surface area contributed by atoms with E-state index in [9.17, 15) is 0 Å². The summed E-state index contributed by atoms with van der Waals surface area (Å²) in [6.45, 7) is 2.11. The number of nitrogens with zero attached hydrogens (tertiary/aromatic N) is 2. The summed E-state index contributed by atoms with van der Waals surface area (Å²) in [6.07, 6.45) is 1.86. The minimum Gasteiger partial charge on any atom is -0.308 e. The molecule has 0 aliphatic rings. The first-order valence-electron chi connectivity index (χ1n) is 6.76. The van der Waals surface area contributed by atoms with Crippen molar-refractivity contribution in [2.75, 3.05) is 0 Å². The summed E-state index contributed by atoms with van der Waals surface area (Å²) in [5.74, 6) is 0. The van der Waals surface area contributed by atoms with Crippen molar-refractivity contribution >= 4 is 21.9 Å². The zero-order valence-corrected chi connectivity index (χ0v) is 11.2. The second-order valence-electron chi connectivity index (χ2n) is 5.06. The summed E-state index contributed by atoms with van der Waals surface area (Å²) >= 11 is 0. The van der Waals surface area contributed by atoms with Crippen molar-refractivity contribution < 1.29 is 0 Å². The van der Waals surface area contributed by atoms with Crippen LogP contribution in [0.2, 0.25) is 0 Å². The first-order chi connectivity index (χ1) is 9.84. The van der Waals surface area contributed by atoms with Gasteiger partial charge in [0.05, 0.1) is 16.6 Å². The lowest BCUT2D eigenvalue weighted by Crippen LogP contribution is -1.93. The summed E-state index contributed by atoms with van der Waals surface area (Å²) in [4.78, 5) is 4.55. The number of para-hydroxylation sites is 1. The lowest BCUT2D eigenvalue weighted by Gasteiger charge is -2.07. The summed E-state index contributed by atoms with van der Waals surface area (Å²) in [7, 11) is 0. The number of hydrogen-bond donors (Lipinski definition) is 0. The van der Waals surface area contributed by atoms with E-state index in [-0.39, 0.29) is 0 Å². The van der Waals surface area contributed by atoms with E-state index >= 15 is 0 Å². The molecule has 4 rings (SSSR count). The van der Waals surface area contributed by atoms with Crippen molar-refractivity contribution in [3.8, 4) is 5.69 Å². The van der Waals surface area contributed by atoms with Gasteiger partial charge in [-0.25, -0.2) is 0 Å². The predicted molar refractivity (Wildman–Crippen MR) is 83.3 cm³/mol. The molecule has 0 spiro atoms. The van der Waals surface area contributed by atoms with Crippen LogP contribution in [0, 0.1) is 6.92 Å². The highest BCUT2D eigenvalue weighted by molar-refractivity contribution is 6.06. The lowest BCUT2D eigenvalue weighted by molar-refractivity contribution is 1.17. The smallest absolute Gasteiger partial charge is 0.0963 e. The molecule has 0 amide bonds. The molecule has 2 aromatic carbocycles. The van der Waals surface area contributed by atoms with Crippen LogP contribution in [-0.2, 0) is 0 Å². The van der Waals surface area contributed by atoms with Gasteiger partial charge >= 0.3 is 0 Å². The molecule has 0 aliphatic heterocycles. The normalized spacial score (nSPS) is 11.2. The van der Waals surface area contributed by atoms with Gasteiger partial charge in [0.25, 0.3) is 0 Å². The van der Waals surface area contributed by atoms with Crippen molar-refractivity contribution in [1.82, 2.24) is 9.55 Å². The number of hydrogen-bond acceptors (Lipinski definition) is 1. The Morgan fingerprint density at radius 1 is 0.800 bits per heavy atom. The summed E-state index contributed by atoms with van der Waals surface area (Å²) < 4.78 is 2.27. The predicted octanol–water partition coefficient (Wildman–Crippen LogP) is 4.49. The monoisotopic (exact) mass is 258 g/mol. The van der Waals surface area contributed by atoms with E-state index in [0.29, 0.717) is 0 Å². The second kappa shape index (κ2) is 4.20. The number of benzene rings is 2. The van der Waals surface area contributed by atoms with Gasteiger partial charge in [0, 0.05) is 17.3 Å². The molecule has 0 unspecified atom stereocenters. The van der Waals surface area contributed by atoms with Gasteiger partial charge < -0.3 is 4.57 Å². The molecule has 0 fully saturated rings. The highest BCUT2D eigenvalue weighted by atomic mass is 15.0. The summed E-state index contributed by atoms with van der Waals surface area (Å²) in [5, 5.41) is 1.20. The largest absolute Gasteiger partial charge is 0.308 e. The molecule has 0 N–H and O–H groups in total. The maximum Gasteiger partial charge on any atom is 0.0963 e. The maximum absolute atomic E-state index is 4.55. The molecule has 2 heteroatoms. The van der Waals surface area contributed by atoms with E-state index in [0.717, 1.165) is 11.0 Å². The molecule has 0 atom stereocenters. The SMILES string of the molecule is Cc1ccc(-n2c3ccccc3c3ncccc32)cc1. The molecule has 0 saturated carbocycles. The van der Waals surface area contributed by atoms with Gasteiger partial charge in [-0.2, -0.15) is 0 Å². The van der Waals surface area contributed by atoms with Crippen LogP contribution in [0.3, 0.4) is 0 Å². The van der Waals surface area contributed by atoms with E-state index in [4.69, 9.17) is 0 Å². The minimum atomic E-state index is 1.06. The van der Waals surface area contributed by atoms with Gasteiger partial charge in [0.2, 0.25) is 0 Å². The van der Waals surface area contributed by atoms with Crippen LogP contribution in [0.1, 0.15) is 5.56 Å². The third kappa shape index (κ3) is 1.55. The Bertz CT molecular complexity index is 848. The number of pyridine rings is 1. The highest BCUT2D eigenvalue weighted by Gasteiger charge is 2.11. The zero-order chi connectivity index (χ0) is 13.5. The average molecular weight is 258 g/mol. The highest BCUT2D eigenvalue weighted by Crippen LogP contribution is 2.30. The summed E-state index contributed by atoms with van der Waals surface area (Å²) in [6, 6.07) is 21.2. The van der Waals surface area contributed by atoms with Gasteiger partial charge in [-0.15, -0.1) is 0 Å². The van der Waals surface area contributed by atoms with Crippen LogP contribution in [0.15, 0.2) is 66.9 Å². The van der Waals surface area contributed by atoms with Crippen molar-refractivity contribution in [2.24, 2.45) is 0 Å². The molecule has 0 aliphatic carbocycles. The van der Waals surface area contributed by atoms with Crippen LogP contribution >= 0.6 is 0 Å². The fourth-order valence-corrected chi connectivity index (χ4v) is 2.76. The molecule has 0 bridgehead atoms. The fraction of sp³-hybridized carbons (Fsp3) is 0.0556. The molecule has 2 nitrogen and oxygen atoms in total. The number of aryl methyl sites for hydroxylation is 1. The Kier molecular flexibility index (Phi) is 2.36. The fourth-order valence-electron chi connectivity index (χ4n) is 2.76. The van der Waals surface area contributed by atoms with Crippen LogP contribution in [0.5, 0.6) is 0 Å². The van der Waals surface area contributed by atoms with E-state index in [2.05, 4.69) is 71.1 Å². The molecule has 20 heavy (non-hydrogen) atoms. The third-order valence-electron chi connectivity index (χ3n) is 3.72. The Labute approximate surface area is 117 Å². The molecular weight excluding hydrogens is 244 g/mol. The van der Waals surface area contributed by atoms with Crippen molar-refractivity contribution in [1.29, 1.82) is 0 Å². The molecule has 2 aromatic heterocycles. The van der Waals surface area contributed by atoms with E-state index in [1.165, 1.54) is 22.2 Å². The topological polar surface area (TPSA) is 17.8 Å². The van der Waals surface area contributed by atoms with Gasteiger partial charge in [-0.05, 0) is 37.3 Å². The van der Waals surface area contributed by atoms with E-state index < -0.39 is 0 Å². The third-order valence-corrected chi connectivity index (χ3v) is 3.72. The van der Waals surface area contributed by atoms with Crippen LogP contribution in [-0.4, -0.2) is 9.55 Å². The van der Waals surface area contributed by atoms with Crippen molar-refractivity contribution in [3.05, 3.63) is 72.4 Å². The summed E-state index contributed by atoms with van der Waals surface area (Å²) in [5.41, 5.74) is 5.86. The first kappa shape index (κ1) is 11.2. The standard InChI is InChI=1S/C18H14N2/c1-13-8-10-14(11-9-13)20-16-6-3-2-5-15(16)18-17(20)7-4-12-19-18/h2-12H,1H3. The van der Waals surface area contributed by atoms with Gasteiger partial charge in [0.15, 0.2) is 0 Å². The molecular formula is C18H14N2. The maximum atomic E-state index is 4.55. The van der Waals surface area contributed by atoms with Crippen molar-refractivity contribution in [2.45, 2.75) is 6.92 Å². The Hall–Kier alpha value is -2.61. The molecule has 4 aromatic rings. The van der Waals surface area contributed by atoms with Gasteiger partial charge in [-0.3, -0.25) is 4.98 Å². The van der Waals surface area contributed by atoms with Crippen LogP contribution in [0.4, 0.5) is 0 Å². The number of rotatable bonds is 1. The average Bonchev–Trinajstić information content (AvgIpc) is 2.83. The second-order valence-corrected chi connectivity index (χ2v) is 5.06. The number of fused-ring (bicyclic) bond motifs is 3. The zero-order valence-electron chi connectivity index (χ0n) is 11.2. The number of aromatic nitrogens is 2. The first-order valence-corrected chi connectivity index (χ1v) is 6.76. The Morgan fingerprint density at radius 3 is 2.40 bits per heavy atom. The molecule has 2 heterocycles. The molecule has 96 valence electrons. The Morgan fingerprint density at radius 2 is 1.55 bits per heavy atom. The van der Waals surface area contributed by atoms with E-state index in [1.54, 1.807) is 0 Å². The van der Waals surface area contributed by atoms with Gasteiger partial charge in [-0.1, -0.05) is 35.9 Å². The minimum absolute atomic E-state index is 1.06. The molecule has 0 radical (unpaired) electrons. The quantitative estimate of drug-likeness (QED) is 0.492. The van der Waals surface area contributed by atoms with E-state index in [1.807, 2.05) is 12.3 Å². The van der Waals surface area contributed by atoms with Gasteiger partial charge in [0.1, 0.15) is 0 Å². The Balaban J connectivity index is 2.17. The van der Waals surface area contributed by atoms with Crippen molar-refractivity contribution in [3.63, 3.8) is 0 Å².